The second kappa shape index (κ2) is 12.0. The van der Waals surface area contributed by atoms with Gasteiger partial charge in [0, 0.05) is 42.3 Å². The van der Waals surface area contributed by atoms with Gasteiger partial charge in [-0.1, -0.05) is 12.8 Å². The van der Waals surface area contributed by atoms with Crippen LogP contribution in [0.2, 0.25) is 0 Å². The lowest BCUT2D eigenvalue weighted by molar-refractivity contribution is -0.171. The Morgan fingerprint density at radius 1 is 0.571 bits per heavy atom. The molecule has 0 radical (unpaired) electrons. The van der Waals surface area contributed by atoms with Crippen LogP contribution in [0, 0.1) is 5.92 Å². The standard InChI is InChI=1S/C33H59N3O6/c1-28(2)18-22(31(7,8)34-28)40-25(37)17-15-13-14-16-21(26(38)41-23-19-29(3,4)35-32(23,9)10)27(39)42-24-20-30(5,6)36-33(24,11)12/h21-24,34-36H,13-20H2,1-12H3. The molecule has 0 aromatic rings. The lowest BCUT2D eigenvalue weighted by Crippen LogP contribution is -2.49. The van der Waals surface area contributed by atoms with Crippen LogP contribution in [0.3, 0.4) is 0 Å². The molecule has 0 bridgehead atoms. The second-order valence-electron chi connectivity index (χ2n) is 16.8. The Kier molecular flexibility index (Phi) is 9.93. The van der Waals surface area contributed by atoms with Gasteiger partial charge in [0.1, 0.15) is 18.3 Å². The molecule has 9 heteroatoms. The Morgan fingerprint density at radius 2 is 0.929 bits per heavy atom. The zero-order chi connectivity index (χ0) is 31.9. The summed E-state index contributed by atoms with van der Waals surface area (Å²) >= 11 is 0. The van der Waals surface area contributed by atoms with E-state index in [2.05, 4.69) is 71.3 Å². The maximum atomic E-state index is 13.5. The van der Waals surface area contributed by atoms with Crippen LogP contribution in [0.15, 0.2) is 0 Å². The summed E-state index contributed by atoms with van der Waals surface area (Å²) in [5.74, 6) is -2.28. The molecule has 3 aliphatic rings. The number of hydrogen-bond donors (Lipinski definition) is 3. The van der Waals surface area contributed by atoms with Gasteiger partial charge in [0.2, 0.25) is 0 Å². The number of nitrogens with one attached hydrogen (secondary N) is 3. The van der Waals surface area contributed by atoms with Gasteiger partial charge >= 0.3 is 17.9 Å². The summed E-state index contributed by atoms with van der Waals surface area (Å²) in [6, 6.07) is 0. The fraction of sp³-hybridized carbons (Fsp3) is 0.909. The van der Waals surface area contributed by atoms with Gasteiger partial charge in [0.25, 0.3) is 0 Å². The molecule has 0 amide bonds. The number of unbranched alkanes of at least 4 members (excludes halogenated alkanes) is 2. The van der Waals surface area contributed by atoms with Crippen molar-refractivity contribution in [3.63, 3.8) is 0 Å². The highest BCUT2D eigenvalue weighted by molar-refractivity contribution is 5.95. The normalized spacial score (nSPS) is 30.4. The molecule has 3 rings (SSSR count). The zero-order valence-electron chi connectivity index (χ0n) is 28.4. The van der Waals surface area contributed by atoms with Crippen LogP contribution in [-0.2, 0) is 28.6 Å². The Bertz CT molecular complexity index is 965. The molecule has 0 aromatic carbocycles. The Labute approximate surface area is 254 Å². The highest BCUT2D eigenvalue weighted by Gasteiger charge is 2.50. The SMILES string of the molecule is CC1(C)CC(OC(=O)CCCCCC(C(=O)OC2CC(C)(C)NC2(C)C)C(=O)OC2CC(C)(C)NC2(C)C)C(C)(C)N1. The summed E-state index contributed by atoms with van der Waals surface area (Å²) < 4.78 is 17.8. The van der Waals surface area contributed by atoms with Crippen LogP contribution in [-0.4, -0.2) is 69.5 Å². The van der Waals surface area contributed by atoms with Crippen molar-refractivity contribution in [3.8, 4) is 0 Å². The van der Waals surface area contributed by atoms with Crippen LogP contribution in [0.25, 0.3) is 0 Å². The molecule has 42 heavy (non-hydrogen) atoms. The Hall–Kier alpha value is -1.71. The molecule has 3 heterocycles. The Balaban J connectivity index is 1.58. The highest BCUT2D eigenvalue weighted by atomic mass is 16.6. The van der Waals surface area contributed by atoms with E-state index < -0.39 is 28.9 Å². The summed E-state index contributed by atoms with van der Waals surface area (Å²) in [5, 5.41) is 10.6. The lowest BCUT2D eigenvalue weighted by atomic mass is 9.95. The molecule has 3 aliphatic heterocycles. The minimum Gasteiger partial charge on any atom is -0.460 e. The van der Waals surface area contributed by atoms with Crippen LogP contribution in [0.1, 0.15) is 134 Å². The first-order valence-corrected chi connectivity index (χ1v) is 15.9. The summed E-state index contributed by atoms with van der Waals surface area (Å²) in [6.45, 7) is 24.8. The summed E-state index contributed by atoms with van der Waals surface area (Å²) in [5.41, 5.74) is -1.52. The van der Waals surface area contributed by atoms with E-state index in [9.17, 15) is 14.4 Å². The quantitative estimate of drug-likeness (QED) is 0.133. The van der Waals surface area contributed by atoms with Gasteiger partial charge in [-0.3, -0.25) is 14.4 Å². The number of esters is 3. The van der Waals surface area contributed by atoms with Gasteiger partial charge in [-0.05, 0) is 95.9 Å². The van der Waals surface area contributed by atoms with Crippen molar-refractivity contribution < 1.29 is 28.6 Å². The monoisotopic (exact) mass is 593 g/mol. The van der Waals surface area contributed by atoms with E-state index >= 15 is 0 Å². The maximum absolute atomic E-state index is 13.5. The number of ether oxygens (including phenoxy) is 3. The zero-order valence-corrected chi connectivity index (χ0v) is 28.4. The van der Waals surface area contributed by atoms with Crippen LogP contribution in [0.5, 0.6) is 0 Å². The molecular formula is C33H59N3O6. The molecule has 0 saturated carbocycles. The van der Waals surface area contributed by atoms with E-state index in [1.54, 1.807) is 0 Å². The molecule has 3 fully saturated rings. The number of hydrogen-bond acceptors (Lipinski definition) is 9. The minimum atomic E-state index is -1.01. The van der Waals surface area contributed by atoms with E-state index in [4.69, 9.17) is 14.2 Å². The molecule has 3 atom stereocenters. The van der Waals surface area contributed by atoms with Crippen molar-refractivity contribution in [2.45, 2.75) is 186 Å². The average Bonchev–Trinajstić information content (AvgIpc) is 3.21. The topological polar surface area (TPSA) is 115 Å². The Morgan fingerprint density at radius 3 is 1.26 bits per heavy atom. The summed E-state index contributed by atoms with van der Waals surface area (Å²) in [7, 11) is 0. The highest BCUT2D eigenvalue weighted by Crippen LogP contribution is 2.36. The lowest BCUT2D eigenvalue weighted by Gasteiger charge is -2.30. The van der Waals surface area contributed by atoms with Crippen molar-refractivity contribution in [2.24, 2.45) is 5.92 Å². The molecule has 0 aliphatic carbocycles. The molecule has 9 nitrogen and oxygen atoms in total. The van der Waals surface area contributed by atoms with Gasteiger partial charge < -0.3 is 30.2 Å². The first-order chi connectivity index (χ1) is 18.9. The van der Waals surface area contributed by atoms with Crippen molar-refractivity contribution in [1.29, 1.82) is 0 Å². The van der Waals surface area contributed by atoms with E-state index in [1.807, 2.05) is 27.7 Å². The van der Waals surface area contributed by atoms with Crippen molar-refractivity contribution >= 4 is 17.9 Å². The third kappa shape index (κ3) is 8.91. The molecule has 3 N–H and O–H groups in total. The van der Waals surface area contributed by atoms with Gasteiger partial charge in [0.05, 0.1) is 16.6 Å². The van der Waals surface area contributed by atoms with E-state index in [0.29, 0.717) is 44.9 Å². The van der Waals surface area contributed by atoms with Crippen LogP contribution in [0.4, 0.5) is 0 Å². The summed E-state index contributed by atoms with van der Waals surface area (Å²) in [6.07, 6.45) is 3.75. The molecule has 242 valence electrons. The fourth-order valence-corrected chi connectivity index (χ4v) is 7.52. The largest absolute Gasteiger partial charge is 0.460 e. The smallest absolute Gasteiger partial charge is 0.320 e. The molecular weight excluding hydrogens is 534 g/mol. The maximum Gasteiger partial charge on any atom is 0.320 e. The van der Waals surface area contributed by atoms with Crippen LogP contribution < -0.4 is 16.0 Å². The van der Waals surface area contributed by atoms with E-state index in [0.717, 1.165) is 6.42 Å². The fourth-order valence-electron chi connectivity index (χ4n) is 7.52. The third-order valence-electron chi connectivity index (χ3n) is 9.22. The van der Waals surface area contributed by atoms with Crippen LogP contribution >= 0.6 is 0 Å². The summed E-state index contributed by atoms with van der Waals surface area (Å²) in [4.78, 5) is 39.7. The van der Waals surface area contributed by atoms with Crippen molar-refractivity contribution in [2.75, 3.05) is 0 Å². The number of carbonyl (C=O) groups is 3. The predicted octanol–water partition coefficient (Wildman–Crippen LogP) is 4.94. The van der Waals surface area contributed by atoms with Crippen molar-refractivity contribution in [3.05, 3.63) is 0 Å². The second-order valence-corrected chi connectivity index (χ2v) is 16.8. The first-order valence-electron chi connectivity index (χ1n) is 15.9. The van der Waals surface area contributed by atoms with Gasteiger partial charge in [0.15, 0.2) is 5.92 Å². The van der Waals surface area contributed by atoms with E-state index in [-0.39, 0.29) is 46.4 Å². The van der Waals surface area contributed by atoms with Gasteiger partial charge in [-0.25, -0.2) is 0 Å². The van der Waals surface area contributed by atoms with Gasteiger partial charge in [-0.15, -0.1) is 0 Å². The first kappa shape index (κ1) is 34.8. The van der Waals surface area contributed by atoms with Gasteiger partial charge in [-0.2, -0.15) is 0 Å². The van der Waals surface area contributed by atoms with Crippen molar-refractivity contribution in [1.82, 2.24) is 16.0 Å². The molecule has 0 aromatic heterocycles. The third-order valence-corrected chi connectivity index (χ3v) is 9.22. The minimum absolute atomic E-state index is 0.0777. The molecule has 3 saturated heterocycles. The van der Waals surface area contributed by atoms with E-state index in [1.165, 1.54) is 0 Å². The average molecular weight is 594 g/mol. The molecule has 3 unspecified atom stereocenters. The number of rotatable bonds is 11. The predicted molar refractivity (Wildman–Crippen MR) is 164 cm³/mol. The molecule has 0 spiro atoms. The number of carbonyl (C=O) groups excluding carboxylic acids is 3.